The largest absolute Gasteiger partial charge is 0.339 e. The Kier molecular flexibility index (Phi) is 5.21. The first kappa shape index (κ1) is 21.7. The molecule has 1 saturated heterocycles. The number of fused-ring (bicyclic) bond motifs is 2. The lowest BCUT2D eigenvalue weighted by molar-refractivity contribution is 0.0831. The summed E-state index contributed by atoms with van der Waals surface area (Å²) in [7, 11) is 5.80. The molecular weight excluding hydrogens is 440 g/mol. The van der Waals surface area contributed by atoms with Crippen LogP contribution in [0.25, 0.3) is 10.8 Å². The third kappa shape index (κ3) is 3.72. The van der Waals surface area contributed by atoms with Crippen LogP contribution < -0.4 is 15.5 Å². The summed E-state index contributed by atoms with van der Waals surface area (Å²) in [6.07, 6.45) is 6.08. The van der Waals surface area contributed by atoms with Crippen molar-refractivity contribution in [2.45, 2.75) is 18.9 Å². The Morgan fingerprint density at radius 2 is 1.77 bits per heavy atom. The Morgan fingerprint density at radius 3 is 2.54 bits per heavy atom. The Balaban J connectivity index is 1.35. The van der Waals surface area contributed by atoms with Crippen molar-refractivity contribution in [1.29, 1.82) is 0 Å². The normalized spacial score (nSPS) is 19.0. The lowest BCUT2D eigenvalue weighted by atomic mass is 10.0. The number of aromatic nitrogens is 2. The molecule has 3 aliphatic heterocycles. The van der Waals surface area contributed by atoms with Gasteiger partial charge < -0.3 is 25.3 Å². The van der Waals surface area contributed by atoms with Crippen molar-refractivity contribution < 1.29 is 4.79 Å². The highest BCUT2D eigenvalue weighted by atomic mass is 16.2. The number of rotatable bonds is 2. The maximum Gasteiger partial charge on any atom is 0.260 e. The van der Waals surface area contributed by atoms with E-state index in [9.17, 15) is 4.79 Å². The van der Waals surface area contributed by atoms with Crippen LogP contribution in [0, 0.1) is 0 Å². The molecule has 1 fully saturated rings. The Morgan fingerprint density at radius 1 is 1.03 bits per heavy atom. The van der Waals surface area contributed by atoms with Gasteiger partial charge in [0.05, 0.1) is 41.4 Å². The van der Waals surface area contributed by atoms with Crippen molar-refractivity contribution in [2.75, 3.05) is 51.0 Å². The number of carbonyl (C=O) groups is 1. The molecule has 0 unspecified atom stereocenters. The number of nitrogens with one attached hydrogen (secondary N) is 2. The Labute approximate surface area is 204 Å². The maximum atomic E-state index is 13.5. The van der Waals surface area contributed by atoms with Crippen LogP contribution in [-0.4, -0.2) is 72.2 Å². The summed E-state index contributed by atoms with van der Waals surface area (Å²) in [6, 6.07) is 12.6. The number of guanidine groups is 1. The molecule has 180 valence electrons. The molecule has 3 aromatic rings. The summed E-state index contributed by atoms with van der Waals surface area (Å²) in [6.45, 7) is 2.60. The van der Waals surface area contributed by atoms with Crippen molar-refractivity contribution in [2.24, 2.45) is 4.99 Å². The third-order valence-electron chi connectivity index (χ3n) is 7.24. The van der Waals surface area contributed by atoms with Crippen molar-refractivity contribution >= 4 is 34.0 Å². The van der Waals surface area contributed by atoms with E-state index in [0.29, 0.717) is 18.2 Å². The second-order valence-electron chi connectivity index (χ2n) is 9.52. The quantitative estimate of drug-likeness (QED) is 0.599. The van der Waals surface area contributed by atoms with Gasteiger partial charge in [-0.2, -0.15) is 10.1 Å². The number of piperidine rings is 1. The number of hydrogen-bond acceptors (Lipinski definition) is 7. The lowest BCUT2D eigenvalue weighted by Gasteiger charge is -2.33. The molecule has 1 amide bonds. The van der Waals surface area contributed by atoms with Gasteiger partial charge in [0.15, 0.2) is 5.82 Å². The minimum atomic E-state index is -0.0224. The minimum Gasteiger partial charge on any atom is -0.339 e. The molecule has 0 saturated carbocycles. The molecule has 2 aromatic carbocycles. The fourth-order valence-corrected chi connectivity index (χ4v) is 5.17. The second kappa shape index (κ2) is 8.42. The zero-order valence-corrected chi connectivity index (χ0v) is 20.3. The van der Waals surface area contributed by atoms with E-state index >= 15 is 0 Å². The first-order valence-electron chi connectivity index (χ1n) is 12.1. The molecule has 9 nitrogen and oxygen atoms in total. The van der Waals surface area contributed by atoms with Gasteiger partial charge in [-0.15, -0.1) is 0 Å². The van der Waals surface area contributed by atoms with Crippen LogP contribution in [0.3, 0.4) is 0 Å². The van der Waals surface area contributed by atoms with Crippen LogP contribution in [0.2, 0.25) is 0 Å². The molecule has 0 aliphatic carbocycles. The Bertz CT molecular complexity index is 1370. The van der Waals surface area contributed by atoms with E-state index in [0.717, 1.165) is 65.6 Å². The first-order chi connectivity index (χ1) is 17.0. The zero-order chi connectivity index (χ0) is 24.1. The van der Waals surface area contributed by atoms with Crippen LogP contribution >= 0.6 is 0 Å². The molecular formula is C26H30N8O. The molecule has 0 spiro atoms. The van der Waals surface area contributed by atoms with Crippen molar-refractivity contribution in [3.05, 3.63) is 65.9 Å². The number of amides is 1. The van der Waals surface area contributed by atoms with E-state index in [1.807, 2.05) is 61.4 Å². The van der Waals surface area contributed by atoms with E-state index in [1.165, 1.54) is 0 Å². The van der Waals surface area contributed by atoms with Crippen LogP contribution in [-0.2, 0) is 0 Å². The minimum absolute atomic E-state index is 0.0224. The summed E-state index contributed by atoms with van der Waals surface area (Å²) in [5, 5.41) is 13.6. The van der Waals surface area contributed by atoms with Gasteiger partial charge in [0.25, 0.3) is 5.91 Å². The number of anilines is 2. The van der Waals surface area contributed by atoms with E-state index in [2.05, 4.69) is 38.7 Å². The van der Waals surface area contributed by atoms with E-state index < -0.39 is 0 Å². The van der Waals surface area contributed by atoms with Gasteiger partial charge in [-0.05, 0) is 48.8 Å². The predicted octanol–water partition coefficient (Wildman–Crippen LogP) is 3.07. The van der Waals surface area contributed by atoms with E-state index in [-0.39, 0.29) is 5.91 Å². The number of aliphatic imine (C=N–C) groups is 1. The van der Waals surface area contributed by atoms with E-state index in [1.54, 1.807) is 4.90 Å². The fourth-order valence-electron chi connectivity index (χ4n) is 5.17. The van der Waals surface area contributed by atoms with Crippen LogP contribution in [0.1, 0.15) is 29.2 Å². The fraction of sp³-hybridized carbons (Fsp3) is 0.346. The maximum absolute atomic E-state index is 13.5. The molecule has 9 heteroatoms. The summed E-state index contributed by atoms with van der Waals surface area (Å²) < 4.78 is 2.06. The monoisotopic (exact) mass is 470 g/mol. The molecule has 4 heterocycles. The van der Waals surface area contributed by atoms with Crippen molar-refractivity contribution in [1.82, 2.24) is 24.9 Å². The summed E-state index contributed by atoms with van der Waals surface area (Å²) in [4.78, 5) is 24.3. The highest BCUT2D eigenvalue weighted by molar-refractivity contribution is 6.07. The number of hydrogen-bond donors (Lipinski definition) is 2. The number of nitrogens with zero attached hydrogens (tertiary/aromatic N) is 6. The molecule has 0 bridgehead atoms. The average Bonchev–Trinajstić information content (AvgIpc) is 3.34. The lowest BCUT2D eigenvalue weighted by Crippen LogP contribution is -2.43. The number of benzene rings is 2. The molecule has 0 atom stereocenters. The molecule has 1 aromatic heterocycles. The summed E-state index contributed by atoms with van der Waals surface area (Å²) in [5.41, 5.74) is 3.32. The van der Waals surface area contributed by atoms with Gasteiger partial charge in [0.1, 0.15) is 0 Å². The predicted molar refractivity (Wildman–Crippen MR) is 139 cm³/mol. The topological polar surface area (TPSA) is 81.0 Å². The van der Waals surface area contributed by atoms with Gasteiger partial charge in [-0.3, -0.25) is 9.48 Å². The van der Waals surface area contributed by atoms with Crippen LogP contribution in [0.15, 0.2) is 65.3 Å². The number of likely N-dealkylation sites (N-methyl/N-ethyl adjacent to an activating group) is 2. The smallest absolute Gasteiger partial charge is 0.260 e. The molecule has 35 heavy (non-hydrogen) atoms. The third-order valence-corrected chi connectivity index (χ3v) is 7.24. The molecule has 0 radical (unpaired) electrons. The highest BCUT2D eigenvalue weighted by Crippen LogP contribution is 2.36. The van der Waals surface area contributed by atoms with E-state index in [4.69, 9.17) is 4.99 Å². The van der Waals surface area contributed by atoms with Crippen LogP contribution in [0.5, 0.6) is 0 Å². The van der Waals surface area contributed by atoms with Gasteiger partial charge >= 0.3 is 0 Å². The highest BCUT2D eigenvalue weighted by Gasteiger charge is 2.33. The summed E-state index contributed by atoms with van der Waals surface area (Å²) >= 11 is 0. The average molecular weight is 471 g/mol. The standard InChI is InChI=1S/C26H30N8O/c1-31-16-23-24(30-26(31)29-19-14-28-34(15-19)20-8-10-27-11-9-20)32(2)22-13-18-7-5-4-6-17(18)12-21(22)25(35)33(23)3/h4-7,12-15,20,27H,8-11,16H2,1-3H3,(H,29,30). The molecule has 3 aliphatic rings. The zero-order valence-electron chi connectivity index (χ0n) is 20.3. The summed E-state index contributed by atoms with van der Waals surface area (Å²) in [5.74, 6) is 1.47. The van der Waals surface area contributed by atoms with Crippen molar-refractivity contribution in [3.63, 3.8) is 0 Å². The van der Waals surface area contributed by atoms with Gasteiger partial charge in [0.2, 0.25) is 5.96 Å². The van der Waals surface area contributed by atoms with Crippen LogP contribution in [0.4, 0.5) is 11.4 Å². The Hall–Kier alpha value is -3.85. The second-order valence-corrected chi connectivity index (χ2v) is 9.52. The molecule has 2 N–H and O–H groups in total. The van der Waals surface area contributed by atoms with Gasteiger partial charge in [-0.25, -0.2) is 0 Å². The first-order valence-corrected chi connectivity index (χ1v) is 12.1. The van der Waals surface area contributed by atoms with Crippen molar-refractivity contribution in [3.8, 4) is 0 Å². The molecule has 6 rings (SSSR count). The van der Waals surface area contributed by atoms with Gasteiger partial charge in [-0.1, -0.05) is 24.3 Å². The van der Waals surface area contributed by atoms with Gasteiger partial charge in [0, 0.05) is 27.3 Å². The number of carbonyl (C=O) groups excluding carboxylic acids is 1. The SMILES string of the molecule is CN1CC2=C(N=C1Nc1cnn(C3CCNCC3)c1)N(C)c1cc3ccccc3cc1C(=O)N2C.